The van der Waals surface area contributed by atoms with E-state index < -0.39 is 0 Å². The minimum Gasteiger partial charge on any atom is -0.449 e. The lowest BCUT2D eigenvalue weighted by molar-refractivity contribution is 0.0960. The molecule has 0 bridgehead atoms. The third-order valence-corrected chi connectivity index (χ3v) is 11.1. The molecule has 4 nitrogen and oxygen atoms in total. The number of allylic oxidation sites excluding steroid dienone is 8. The first-order valence-corrected chi connectivity index (χ1v) is 24.0. The molecule has 1 saturated heterocycles. The molecule has 1 fully saturated rings. The van der Waals surface area contributed by atoms with Gasteiger partial charge in [0.25, 0.3) is 0 Å². The van der Waals surface area contributed by atoms with Gasteiger partial charge in [-0.2, -0.15) is 0 Å². The molecule has 0 aromatic heterocycles. The monoisotopic (exact) mass is 753 g/mol. The fourth-order valence-corrected chi connectivity index (χ4v) is 7.48. The van der Waals surface area contributed by atoms with Crippen molar-refractivity contribution in [2.24, 2.45) is 0 Å². The van der Waals surface area contributed by atoms with Crippen molar-refractivity contribution in [2.45, 2.75) is 226 Å². The zero-order valence-corrected chi connectivity index (χ0v) is 36.4. The van der Waals surface area contributed by atoms with Crippen molar-refractivity contribution in [1.29, 1.82) is 0 Å². The van der Waals surface area contributed by atoms with Gasteiger partial charge < -0.3 is 14.5 Å². The Kier molecular flexibility index (Phi) is 39.4. The first kappa shape index (κ1) is 50.2. The van der Waals surface area contributed by atoms with Crippen LogP contribution < -0.4 is 0 Å². The maximum absolute atomic E-state index is 13.2. The summed E-state index contributed by atoms with van der Waals surface area (Å²) < 4.78 is 5.85. The van der Waals surface area contributed by atoms with E-state index in [1.54, 1.807) is 0 Å². The van der Waals surface area contributed by atoms with Crippen molar-refractivity contribution in [2.75, 3.05) is 39.3 Å². The molecule has 54 heavy (non-hydrogen) atoms. The minimum absolute atomic E-state index is 0.0695. The van der Waals surface area contributed by atoms with Gasteiger partial charge in [-0.3, -0.25) is 0 Å². The molecule has 314 valence electrons. The molecule has 0 atom stereocenters. The zero-order chi connectivity index (χ0) is 38.7. The maximum Gasteiger partial charge on any atom is 0.409 e. The molecule has 1 aliphatic rings. The summed E-state index contributed by atoms with van der Waals surface area (Å²) in [7, 11) is 0. The fraction of sp³-hybridized carbons (Fsp3) is 0.820. The van der Waals surface area contributed by atoms with Crippen LogP contribution in [0.1, 0.15) is 226 Å². The molecule has 4 heteroatoms. The Bertz CT molecular complexity index is 833. The SMILES string of the molecule is CCCCC/C=C\C/C=C\CCCCCCCCCCN(CCCCCCCCCC/C=C\C/C=C\CCCCC)C(=O)OCCCN1CCCCCC1. The molecule has 0 aromatic rings. The van der Waals surface area contributed by atoms with Gasteiger partial charge in [0.15, 0.2) is 0 Å². The van der Waals surface area contributed by atoms with Crippen LogP contribution in [0.4, 0.5) is 4.79 Å². The van der Waals surface area contributed by atoms with Gasteiger partial charge in [-0.1, -0.05) is 178 Å². The van der Waals surface area contributed by atoms with E-state index in [1.807, 2.05) is 4.90 Å². The Hall–Kier alpha value is -1.81. The summed E-state index contributed by atoms with van der Waals surface area (Å²) in [4.78, 5) is 17.8. The molecule has 1 amide bonds. The number of hydrogen-bond acceptors (Lipinski definition) is 3. The molecule has 0 unspecified atom stereocenters. The van der Waals surface area contributed by atoms with E-state index in [0.717, 1.165) is 51.7 Å². The Labute approximate surface area is 338 Å². The largest absolute Gasteiger partial charge is 0.449 e. The van der Waals surface area contributed by atoms with Gasteiger partial charge in [-0.25, -0.2) is 4.79 Å². The van der Waals surface area contributed by atoms with Gasteiger partial charge in [-0.15, -0.1) is 0 Å². The van der Waals surface area contributed by atoms with E-state index in [9.17, 15) is 4.79 Å². The molecule has 1 heterocycles. The summed E-state index contributed by atoms with van der Waals surface area (Å²) in [6.07, 6.45) is 60.8. The van der Waals surface area contributed by atoms with Crippen LogP contribution in [0.15, 0.2) is 48.6 Å². The molecule has 0 aromatic carbocycles. The Morgan fingerprint density at radius 3 is 1.24 bits per heavy atom. The number of amides is 1. The Balaban J connectivity index is 2.17. The molecule has 0 N–H and O–H groups in total. The normalized spacial score (nSPS) is 14.3. The van der Waals surface area contributed by atoms with Crippen LogP contribution in [0.25, 0.3) is 0 Å². The average Bonchev–Trinajstić information content (AvgIpc) is 3.46. The number of likely N-dealkylation sites (tertiary alicyclic amines) is 1. The van der Waals surface area contributed by atoms with E-state index in [-0.39, 0.29) is 6.09 Å². The van der Waals surface area contributed by atoms with Crippen molar-refractivity contribution in [3.8, 4) is 0 Å². The standard InChI is InChI=1S/C50H92N2O2/c1-3-5-7-9-11-13-15-17-19-21-23-25-27-29-31-33-35-41-47-52(50(53)54-49-43-46-51-44-39-37-38-40-45-51)48-42-36-34-32-30-28-26-24-22-20-18-16-14-12-10-8-6-4-2/h11-14,17-20H,3-10,15-16,21-49H2,1-2H3/b13-11-,14-12-,19-17-,20-18-. The van der Waals surface area contributed by atoms with Gasteiger partial charge in [0, 0.05) is 19.6 Å². The van der Waals surface area contributed by atoms with E-state index in [0.29, 0.717) is 6.61 Å². The van der Waals surface area contributed by atoms with E-state index in [1.165, 1.54) is 193 Å². The van der Waals surface area contributed by atoms with Gasteiger partial charge >= 0.3 is 6.09 Å². The van der Waals surface area contributed by atoms with Crippen molar-refractivity contribution in [1.82, 2.24) is 9.80 Å². The first-order valence-electron chi connectivity index (χ1n) is 24.0. The molecule has 0 aliphatic carbocycles. The second-order valence-electron chi connectivity index (χ2n) is 16.3. The molecule has 0 spiro atoms. The van der Waals surface area contributed by atoms with Crippen LogP contribution in [-0.2, 0) is 4.74 Å². The van der Waals surface area contributed by atoms with Gasteiger partial charge in [0.1, 0.15) is 0 Å². The van der Waals surface area contributed by atoms with Crippen molar-refractivity contribution < 1.29 is 9.53 Å². The van der Waals surface area contributed by atoms with Crippen LogP contribution in [0.2, 0.25) is 0 Å². The molecule has 1 rings (SSSR count). The van der Waals surface area contributed by atoms with Crippen LogP contribution in [0.5, 0.6) is 0 Å². The lowest BCUT2D eigenvalue weighted by Crippen LogP contribution is -2.34. The summed E-state index contributed by atoms with van der Waals surface area (Å²) >= 11 is 0. The quantitative estimate of drug-likeness (QED) is 0.0465. The highest BCUT2D eigenvalue weighted by Crippen LogP contribution is 2.14. The van der Waals surface area contributed by atoms with Crippen LogP contribution in [0, 0.1) is 0 Å². The van der Waals surface area contributed by atoms with E-state index in [2.05, 4.69) is 67.4 Å². The Morgan fingerprint density at radius 2 is 0.833 bits per heavy atom. The highest BCUT2D eigenvalue weighted by atomic mass is 16.6. The third-order valence-electron chi connectivity index (χ3n) is 11.1. The predicted octanol–water partition coefficient (Wildman–Crippen LogP) is 15.9. The van der Waals surface area contributed by atoms with Crippen LogP contribution in [0.3, 0.4) is 0 Å². The molecule has 0 saturated carbocycles. The lowest BCUT2D eigenvalue weighted by Gasteiger charge is -2.23. The molecular formula is C50H92N2O2. The van der Waals surface area contributed by atoms with E-state index in [4.69, 9.17) is 4.74 Å². The topological polar surface area (TPSA) is 32.8 Å². The minimum atomic E-state index is -0.0695. The molecule has 0 radical (unpaired) electrons. The number of rotatable bonds is 38. The highest BCUT2D eigenvalue weighted by Gasteiger charge is 2.15. The van der Waals surface area contributed by atoms with Gasteiger partial charge in [0.05, 0.1) is 6.61 Å². The summed E-state index contributed by atoms with van der Waals surface area (Å²) in [6.45, 7) is 10.3. The van der Waals surface area contributed by atoms with Crippen molar-refractivity contribution >= 4 is 6.09 Å². The zero-order valence-electron chi connectivity index (χ0n) is 36.4. The number of ether oxygens (including phenoxy) is 1. The van der Waals surface area contributed by atoms with Gasteiger partial charge in [0.2, 0.25) is 0 Å². The van der Waals surface area contributed by atoms with Crippen LogP contribution >= 0.6 is 0 Å². The van der Waals surface area contributed by atoms with Gasteiger partial charge in [-0.05, 0) is 109 Å². The average molecular weight is 753 g/mol. The summed E-state index contributed by atoms with van der Waals surface area (Å²) in [5, 5.41) is 0. The number of carbonyl (C=O) groups is 1. The lowest BCUT2D eigenvalue weighted by atomic mass is 10.1. The summed E-state index contributed by atoms with van der Waals surface area (Å²) in [5.74, 6) is 0. The maximum atomic E-state index is 13.2. The van der Waals surface area contributed by atoms with Crippen molar-refractivity contribution in [3.63, 3.8) is 0 Å². The fourth-order valence-electron chi connectivity index (χ4n) is 7.48. The second kappa shape index (κ2) is 42.3. The van der Waals surface area contributed by atoms with Crippen LogP contribution in [-0.4, -0.2) is 55.2 Å². The predicted molar refractivity (Wildman–Crippen MR) is 240 cm³/mol. The third kappa shape index (κ3) is 35.9. The number of hydrogen-bond donors (Lipinski definition) is 0. The number of carbonyl (C=O) groups excluding carboxylic acids is 1. The van der Waals surface area contributed by atoms with Crippen molar-refractivity contribution in [3.05, 3.63) is 48.6 Å². The number of nitrogens with zero attached hydrogens (tertiary/aromatic N) is 2. The second-order valence-corrected chi connectivity index (χ2v) is 16.3. The molecule has 1 aliphatic heterocycles. The highest BCUT2D eigenvalue weighted by molar-refractivity contribution is 5.67. The summed E-state index contributed by atoms with van der Waals surface area (Å²) in [6, 6.07) is 0. The smallest absolute Gasteiger partial charge is 0.409 e. The van der Waals surface area contributed by atoms with E-state index >= 15 is 0 Å². The Morgan fingerprint density at radius 1 is 0.463 bits per heavy atom. The summed E-state index contributed by atoms with van der Waals surface area (Å²) in [5.41, 5.74) is 0. The molecular weight excluding hydrogens is 661 g/mol. The first-order chi connectivity index (χ1) is 26.8. The number of unbranched alkanes of at least 4 members (excludes halogenated alkanes) is 22.